The van der Waals surface area contributed by atoms with E-state index in [0.717, 1.165) is 11.1 Å². The molecule has 126 valence electrons. The number of benzene rings is 2. The van der Waals surface area contributed by atoms with Crippen LogP contribution in [-0.2, 0) is 28.5 Å². The highest BCUT2D eigenvalue weighted by molar-refractivity contribution is 5.89. The van der Waals surface area contributed by atoms with Crippen LogP contribution < -0.4 is 4.57 Å². The minimum Gasteiger partial charge on any atom is -0.457 e. The molecule has 1 saturated heterocycles. The van der Waals surface area contributed by atoms with Crippen LogP contribution in [0.3, 0.4) is 0 Å². The standard InChI is InChI=1S/C21H21N2O2/c1-22-12-13-23(16-22)15-19-14-21(20(24)25-19,17-8-4-2-5-9-17)18-10-6-3-7-11-18/h2-13,16,19H,14-15H2,1H3/q+1. The Hall–Kier alpha value is -2.88. The van der Waals surface area contributed by atoms with E-state index < -0.39 is 5.41 Å². The number of nitrogens with zero attached hydrogens (tertiary/aromatic N) is 2. The van der Waals surface area contributed by atoms with Crippen molar-refractivity contribution in [1.82, 2.24) is 4.57 Å². The van der Waals surface area contributed by atoms with Gasteiger partial charge in [0.25, 0.3) is 0 Å². The predicted molar refractivity (Wildman–Crippen MR) is 93.8 cm³/mol. The van der Waals surface area contributed by atoms with E-state index in [-0.39, 0.29) is 12.1 Å². The summed E-state index contributed by atoms with van der Waals surface area (Å²) in [4.78, 5) is 13.1. The quantitative estimate of drug-likeness (QED) is 0.543. The second-order valence-electron chi connectivity index (χ2n) is 6.64. The fourth-order valence-corrected chi connectivity index (χ4v) is 3.75. The second-order valence-corrected chi connectivity index (χ2v) is 6.64. The van der Waals surface area contributed by atoms with Crippen LogP contribution in [0.2, 0.25) is 0 Å². The van der Waals surface area contributed by atoms with Crippen molar-refractivity contribution in [2.75, 3.05) is 0 Å². The third-order valence-corrected chi connectivity index (χ3v) is 4.93. The lowest BCUT2D eigenvalue weighted by Gasteiger charge is -2.26. The molecule has 25 heavy (non-hydrogen) atoms. The first kappa shape index (κ1) is 15.6. The lowest BCUT2D eigenvalue weighted by atomic mass is 9.72. The summed E-state index contributed by atoms with van der Waals surface area (Å²) in [5.41, 5.74) is 1.25. The molecule has 2 heterocycles. The van der Waals surface area contributed by atoms with E-state index in [2.05, 4.69) is 4.57 Å². The Bertz CT molecular complexity index is 832. The first-order valence-corrected chi connectivity index (χ1v) is 8.51. The van der Waals surface area contributed by atoms with E-state index in [4.69, 9.17) is 4.74 Å². The Kier molecular flexibility index (Phi) is 3.88. The predicted octanol–water partition coefficient (Wildman–Crippen LogP) is 2.61. The number of rotatable bonds is 4. The normalized spacial score (nSPS) is 18.9. The lowest BCUT2D eigenvalue weighted by molar-refractivity contribution is -0.671. The molecule has 0 radical (unpaired) electrons. The molecule has 4 rings (SSSR count). The summed E-state index contributed by atoms with van der Waals surface area (Å²) in [6.45, 7) is 0.661. The summed E-state index contributed by atoms with van der Waals surface area (Å²) in [6.07, 6.45) is 6.47. The van der Waals surface area contributed by atoms with Gasteiger partial charge in [0.15, 0.2) is 0 Å². The highest BCUT2D eigenvalue weighted by Crippen LogP contribution is 2.43. The zero-order valence-electron chi connectivity index (χ0n) is 14.2. The second kappa shape index (κ2) is 6.20. The highest BCUT2D eigenvalue weighted by Gasteiger charge is 2.52. The third-order valence-electron chi connectivity index (χ3n) is 4.93. The van der Waals surface area contributed by atoms with E-state index in [9.17, 15) is 4.79 Å². The molecule has 3 aromatic rings. The van der Waals surface area contributed by atoms with Crippen molar-refractivity contribution < 1.29 is 14.1 Å². The average Bonchev–Trinajstić information content (AvgIpc) is 3.20. The number of aromatic nitrogens is 2. The monoisotopic (exact) mass is 333 g/mol. The minimum absolute atomic E-state index is 0.152. The van der Waals surface area contributed by atoms with Crippen LogP contribution in [-0.4, -0.2) is 16.6 Å². The summed E-state index contributed by atoms with van der Waals surface area (Å²) < 4.78 is 9.87. The maximum Gasteiger partial charge on any atom is 0.321 e. The van der Waals surface area contributed by atoms with Crippen molar-refractivity contribution >= 4 is 5.97 Å². The molecule has 1 aromatic heterocycles. The van der Waals surface area contributed by atoms with Gasteiger partial charge in [-0.25, -0.2) is 9.13 Å². The molecular formula is C21H21N2O2+. The van der Waals surface area contributed by atoms with Crippen molar-refractivity contribution in [3.8, 4) is 0 Å². The van der Waals surface area contributed by atoms with Crippen LogP contribution in [0.5, 0.6) is 0 Å². The number of ether oxygens (including phenoxy) is 1. The van der Waals surface area contributed by atoms with E-state index >= 15 is 0 Å². The SMILES string of the molecule is C[n+]1ccn(CC2CC(c3ccccc3)(c3ccccc3)C(=O)O2)c1. The summed E-state index contributed by atoms with van der Waals surface area (Å²) in [7, 11) is 1.98. The Morgan fingerprint density at radius 2 is 1.68 bits per heavy atom. The molecule has 1 unspecified atom stereocenters. The van der Waals surface area contributed by atoms with E-state index in [1.807, 2.05) is 91.0 Å². The number of hydrogen-bond donors (Lipinski definition) is 0. The van der Waals surface area contributed by atoms with E-state index in [1.54, 1.807) is 0 Å². The van der Waals surface area contributed by atoms with Crippen molar-refractivity contribution in [3.63, 3.8) is 0 Å². The molecule has 1 aliphatic heterocycles. The van der Waals surface area contributed by atoms with Gasteiger partial charge in [-0.3, -0.25) is 4.79 Å². The maximum absolute atomic E-state index is 13.1. The maximum atomic E-state index is 13.1. The molecule has 1 fully saturated rings. The van der Waals surface area contributed by atoms with Crippen LogP contribution in [0.25, 0.3) is 0 Å². The van der Waals surface area contributed by atoms with Gasteiger partial charge in [0.05, 0.1) is 7.05 Å². The van der Waals surface area contributed by atoms with Gasteiger partial charge in [-0.05, 0) is 11.1 Å². The Labute approximate surface area is 147 Å². The molecule has 0 aliphatic carbocycles. The Balaban J connectivity index is 1.73. The van der Waals surface area contributed by atoms with Crippen LogP contribution in [0, 0.1) is 0 Å². The first-order valence-electron chi connectivity index (χ1n) is 8.51. The largest absolute Gasteiger partial charge is 0.457 e. The number of hydrogen-bond acceptors (Lipinski definition) is 2. The fraction of sp³-hybridized carbons (Fsp3) is 0.238. The topological polar surface area (TPSA) is 35.1 Å². The van der Waals surface area contributed by atoms with Gasteiger partial charge in [0, 0.05) is 6.42 Å². The summed E-state index contributed by atoms with van der Waals surface area (Å²) in [5, 5.41) is 0. The van der Waals surface area contributed by atoms with Crippen LogP contribution in [0.15, 0.2) is 79.4 Å². The van der Waals surface area contributed by atoms with Gasteiger partial charge < -0.3 is 4.74 Å². The van der Waals surface area contributed by atoms with Crippen molar-refractivity contribution in [2.24, 2.45) is 7.05 Å². The molecule has 0 amide bonds. The Morgan fingerprint density at radius 3 is 2.20 bits per heavy atom. The number of cyclic esters (lactones) is 1. The average molecular weight is 333 g/mol. The zero-order valence-corrected chi connectivity index (χ0v) is 14.2. The molecule has 1 aliphatic rings. The number of aryl methyl sites for hydroxylation is 1. The third kappa shape index (κ3) is 2.74. The molecule has 0 bridgehead atoms. The molecule has 0 spiro atoms. The Morgan fingerprint density at radius 1 is 1.08 bits per heavy atom. The zero-order chi connectivity index (χ0) is 17.3. The molecular weight excluding hydrogens is 312 g/mol. The number of carbonyl (C=O) groups excluding carboxylic acids is 1. The van der Waals surface area contributed by atoms with Crippen LogP contribution >= 0.6 is 0 Å². The minimum atomic E-state index is -0.734. The van der Waals surface area contributed by atoms with E-state index in [0.29, 0.717) is 13.0 Å². The molecule has 0 N–H and O–H groups in total. The summed E-state index contributed by atoms with van der Waals surface area (Å²) in [5.74, 6) is -0.161. The molecule has 1 atom stereocenters. The molecule has 2 aromatic carbocycles. The number of esters is 1. The van der Waals surface area contributed by atoms with Crippen LogP contribution in [0.4, 0.5) is 0 Å². The molecule has 4 nitrogen and oxygen atoms in total. The van der Waals surface area contributed by atoms with Gasteiger partial charge >= 0.3 is 5.97 Å². The highest BCUT2D eigenvalue weighted by atomic mass is 16.6. The van der Waals surface area contributed by atoms with E-state index in [1.165, 1.54) is 0 Å². The number of imidazole rings is 1. The lowest BCUT2D eigenvalue weighted by Crippen LogP contribution is -2.33. The fourth-order valence-electron chi connectivity index (χ4n) is 3.75. The van der Waals surface area contributed by atoms with Gasteiger partial charge in [-0.2, -0.15) is 0 Å². The molecule has 0 saturated carbocycles. The van der Waals surface area contributed by atoms with Crippen molar-refractivity contribution in [3.05, 3.63) is 90.5 Å². The first-order chi connectivity index (χ1) is 12.2. The van der Waals surface area contributed by atoms with Gasteiger partial charge in [0.1, 0.15) is 30.5 Å². The smallest absolute Gasteiger partial charge is 0.321 e. The van der Waals surface area contributed by atoms with Crippen molar-refractivity contribution in [1.29, 1.82) is 0 Å². The van der Waals surface area contributed by atoms with Crippen molar-refractivity contribution in [2.45, 2.75) is 24.5 Å². The van der Waals surface area contributed by atoms with Gasteiger partial charge in [0.2, 0.25) is 6.33 Å². The van der Waals surface area contributed by atoms with Gasteiger partial charge in [-0.1, -0.05) is 60.7 Å². The van der Waals surface area contributed by atoms with Gasteiger partial charge in [-0.15, -0.1) is 0 Å². The summed E-state index contributed by atoms with van der Waals surface area (Å²) >= 11 is 0. The molecule has 4 heteroatoms. The van der Waals surface area contributed by atoms with Crippen LogP contribution in [0.1, 0.15) is 17.5 Å². The number of carbonyl (C=O) groups is 1. The summed E-state index contributed by atoms with van der Waals surface area (Å²) in [6, 6.07) is 19.9.